The van der Waals surface area contributed by atoms with E-state index in [-0.39, 0.29) is 0 Å². The number of benzene rings is 11. The molecule has 11 aromatic carbocycles. The van der Waals surface area contributed by atoms with E-state index in [1.807, 2.05) is 12.1 Å². The van der Waals surface area contributed by atoms with Crippen LogP contribution in [-0.2, 0) is 0 Å². The lowest BCUT2D eigenvalue weighted by Crippen LogP contribution is -2.09. The van der Waals surface area contributed by atoms with Crippen LogP contribution >= 0.6 is 0 Å². The lowest BCUT2D eigenvalue weighted by Gasteiger charge is -2.26. The Hall–Kier alpha value is -8.66. The Kier molecular flexibility index (Phi) is 8.53. The molecule has 0 spiro atoms. The van der Waals surface area contributed by atoms with Crippen LogP contribution in [0.5, 0.6) is 0 Å². The van der Waals surface area contributed by atoms with E-state index in [0.717, 1.165) is 61.4 Å². The van der Waals surface area contributed by atoms with Gasteiger partial charge in [-0.25, -0.2) is 0 Å². The SMILES string of the molecule is c1cc(-c2ccc(N(c3ccc(-c4ccc5c(ccc6ccccc65)c4)cc3)c3ccc(-c4ccc5c(c4)oc4ccccc45)cc3)cc2)cc(-n2c3ccccc3c3ccccc32)c1. The summed E-state index contributed by atoms with van der Waals surface area (Å²) in [5, 5.41) is 9.86. The predicted octanol–water partition coefficient (Wildman–Crippen LogP) is 17.5. The molecule has 0 aliphatic carbocycles. The van der Waals surface area contributed by atoms with E-state index in [4.69, 9.17) is 4.42 Å². The highest BCUT2D eigenvalue weighted by Crippen LogP contribution is 2.40. The van der Waals surface area contributed by atoms with E-state index in [2.05, 4.69) is 240 Å². The minimum atomic E-state index is 0.898. The Morgan fingerprint density at radius 1 is 0.277 bits per heavy atom. The van der Waals surface area contributed by atoms with E-state index >= 15 is 0 Å². The van der Waals surface area contributed by atoms with Crippen molar-refractivity contribution in [2.24, 2.45) is 0 Å². The smallest absolute Gasteiger partial charge is 0.136 e. The van der Waals surface area contributed by atoms with Crippen molar-refractivity contribution in [3.05, 3.63) is 243 Å². The average molecular weight is 829 g/mol. The number of furan rings is 1. The number of nitrogens with zero attached hydrogens (tertiary/aromatic N) is 2. The van der Waals surface area contributed by atoms with Crippen LogP contribution in [0.3, 0.4) is 0 Å². The van der Waals surface area contributed by atoms with Crippen molar-refractivity contribution in [2.75, 3.05) is 4.90 Å². The van der Waals surface area contributed by atoms with E-state index in [0.29, 0.717) is 0 Å². The minimum Gasteiger partial charge on any atom is -0.456 e. The minimum absolute atomic E-state index is 0.898. The summed E-state index contributed by atoms with van der Waals surface area (Å²) < 4.78 is 8.64. The van der Waals surface area contributed by atoms with E-state index in [1.165, 1.54) is 60.0 Å². The summed E-state index contributed by atoms with van der Waals surface area (Å²) in [5.74, 6) is 0. The van der Waals surface area contributed by atoms with Gasteiger partial charge in [-0.15, -0.1) is 0 Å². The molecule has 2 heterocycles. The largest absolute Gasteiger partial charge is 0.456 e. The first-order valence-electron chi connectivity index (χ1n) is 22.2. The standard InChI is InChI=1S/C62H40N2O/c1-2-13-53-44(10-1)20-21-48-38-46(28-36-54(48)53)42-24-32-50(33-25-42)63(51-34-26-43(27-35-51)47-29-37-58-57-16-5-8-19-61(57)65-62(58)40-47)49-30-22-41(23-31-49)45-11-9-12-52(39-45)64-59-17-6-3-14-55(59)56-15-4-7-18-60(56)64/h1-40H. The maximum atomic E-state index is 6.26. The molecule has 0 amide bonds. The molecular weight excluding hydrogens is 789 g/mol. The summed E-state index contributed by atoms with van der Waals surface area (Å²) in [6, 6.07) is 87.8. The van der Waals surface area contributed by atoms with E-state index in [1.54, 1.807) is 0 Å². The summed E-state index contributed by atoms with van der Waals surface area (Å²) in [5.41, 5.74) is 15.6. The topological polar surface area (TPSA) is 21.3 Å². The van der Waals surface area contributed by atoms with Crippen LogP contribution in [0, 0.1) is 0 Å². The zero-order chi connectivity index (χ0) is 42.8. The monoisotopic (exact) mass is 828 g/mol. The Balaban J connectivity index is 0.868. The quantitative estimate of drug-likeness (QED) is 0.149. The zero-order valence-electron chi connectivity index (χ0n) is 35.4. The van der Waals surface area contributed by atoms with E-state index < -0.39 is 0 Å². The molecule has 304 valence electrons. The molecule has 0 fully saturated rings. The van der Waals surface area contributed by atoms with Crippen molar-refractivity contribution in [1.29, 1.82) is 0 Å². The molecule has 0 aliphatic heterocycles. The van der Waals surface area contributed by atoms with Crippen LogP contribution in [0.1, 0.15) is 0 Å². The fraction of sp³-hybridized carbons (Fsp3) is 0. The third-order valence-electron chi connectivity index (χ3n) is 13.2. The second-order valence-corrected chi connectivity index (χ2v) is 16.9. The van der Waals surface area contributed by atoms with Crippen molar-refractivity contribution < 1.29 is 4.42 Å². The van der Waals surface area contributed by atoms with Gasteiger partial charge in [0.25, 0.3) is 0 Å². The molecule has 3 heteroatoms. The van der Waals surface area contributed by atoms with Crippen LogP contribution in [-0.4, -0.2) is 4.57 Å². The summed E-state index contributed by atoms with van der Waals surface area (Å²) in [6.07, 6.45) is 0. The molecule has 0 bridgehead atoms. The van der Waals surface area contributed by atoms with Crippen molar-refractivity contribution in [2.45, 2.75) is 0 Å². The summed E-state index contributed by atoms with van der Waals surface area (Å²) in [4.78, 5) is 2.35. The average Bonchev–Trinajstić information content (AvgIpc) is 3.92. The van der Waals surface area contributed by atoms with Gasteiger partial charge in [-0.2, -0.15) is 0 Å². The van der Waals surface area contributed by atoms with Crippen LogP contribution < -0.4 is 4.90 Å². The van der Waals surface area contributed by atoms with Gasteiger partial charge in [0.2, 0.25) is 0 Å². The lowest BCUT2D eigenvalue weighted by molar-refractivity contribution is 0.669. The van der Waals surface area contributed by atoms with Crippen molar-refractivity contribution in [1.82, 2.24) is 4.57 Å². The third-order valence-corrected chi connectivity index (χ3v) is 13.2. The molecular formula is C62H40N2O. The zero-order valence-corrected chi connectivity index (χ0v) is 35.4. The highest BCUT2D eigenvalue weighted by atomic mass is 16.3. The number of aromatic nitrogens is 1. The third kappa shape index (κ3) is 6.28. The first-order valence-corrected chi connectivity index (χ1v) is 22.2. The van der Waals surface area contributed by atoms with Gasteiger partial charge in [-0.1, -0.05) is 158 Å². The number of rotatable bonds is 7. The predicted molar refractivity (Wildman–Crippen MR) is 274 cm³/mol. The van der Waals surface area contributed by atoms with Crippen LogP contribution in [0.25, 0.3) is 104 Å². The van der Waals surface area contributed by atoms with Crippen molar-refractivity contribution in [3.63, 3.8) is 0 Å². The molecule has 0 aliphatic rings. The van der Waals surface area contributed by atoms with Gasteiger partial charge in [0.15, 0.2) is 0 Å². The molecule has 13 aromatic rings. The number of anilines is 3. The van der Waals surface area contributed by atoms with Gasteiger partial charge >= 0.3 is 0 Å². The molecule has 3 nitrogen and oxygen atoms in total. The molecule has 13 rings (SSSR count). The molecule has 0 N–H and O–H groups in total. The van der Waals surface area contributed by atoms with Gasteiger partial charge < -0.3 is 13.9 Å². The van der Waals surface area contributed by atoms with Gasteiger partial charge in [0, 0.05) is 44.3 Å². The highest BCUT2D eigenvalue weighted by Gasteiger charge is 2.16. The normalized spacial score (nSPS) is 11.7. The second-order valence-electron chi connectivity index (χ2n) is 16.9. The number of hydrogen-bond donors (Lipinski definition) is 0. The molecule has 0 unspecified atom stereocenters. The summed E-state index contributed by atoms with van der Waals surface area (Å²) in [6.45, 7) is 0. The Bertz CT molecular complexity index is 3880. The van der Waals surface area contributed by atoms with Crippen LogP contribution in [0.4, 0.5) is 17.1 Å². The maximum absolute atomic E-state index is 6.26. The highest BCUT2D eigenvalue weighted by molar-refractivity contribution is 6.10. The maximum Gasteiger partial charge on any atom is 0.136 e. The first-order chi connectivity index (χ1) is 32.2. The first kappa shape index (κ1) is 36.9. The fourth-order valence-corrected chi connectivity index (χ4v) is 9.98. The number of fused-ring (bicyclic) bond motifs is 9. The summed E-state index contributed by atoms with van der Waals surface area (Å²) >= 11 is 0. The molecule has 65 heavy (non-hydrogen) atoms. The molecule has 0 saturated carbocycles. The second kappa shape index (κ2) is 15.0. The lowest BCUT2D eigenvalue weighted by atomic mass is 9.97. The van der Waals surface area contributed by atoms with Gasteiger partial charge in [-0.05, 0) is 140 Å². The number of hydrogen-bond acceptors (Lipinski definition) is 2. The van der Waals surface area contributed by atoms with Gasteiger partial charge in [-0.3, -0.25) is 0 Å². The van der Waals surface area contributed by atoms with Crippen molar-refractivity contribution in [3.8, 4) is 39.1 Å². The Morgan fingerprint density at radius 2 is 0.738 bits per heavy atom. The Morgan fingerprint density at radius 3 is 1.38 bits per heavy atom. The number of para-hydroxylation sites is 3. The van der Waals surface area contributed by atoms with Gasteiger partial charge in [0.05, 0.1) is 11.0 Å². The molecule has 0 saturated heterocycles. The Labute approximate surface area is 376 Å². The van der Waals surface area contributed by atoms with Gasteiger partial charge in [0.1, 0.15) is 11.2 Å². The molecule has 0 radical (unpaired) electrons. The molecule has 2 aromatic heterocycles. The van der Waals surface area contributed by atoms with Crippen LogP contribution in [0.2, 0.25) is 0 Å². The summed E-state index contributed by atoms with van der Waals surface area (Å²) in [7, 11) is 0. The fourth-order valence-electron chi connectivity index (χ4n) is 9.98. The molecule has 0 atom stereocenters. The van der Waals surface area contributed by atoms with Crippen molar-refractivity contribution >= 4 is 82.4 Å². The van der Waals surface area contributed by atoms with Crippen LogP contribution in [0.15, 0.2) is 247 Å². The van der Waals surface area contributed by atoms with E-state index in [9.17, 15) is 0 Å².